The van der Waals surface area contributed by atoms with Gasteiger partial charge in [-0.3, -0.25) is 14.4 Å². The van der Waals surface area contributed by atoms with Gasteiger partial charge < -0.3 is 15.2 Å². The smallest absolute Gasteiger partial charge is 0.303 e. The van der Waals surface area contributed by atoms with E-state index < -0.39 is 11.9 Å². The fourth-order valence-electron chi connectivity index (χ4n) is 4.76. The molecule has 0 aromatic heterocycles. The number of hydrogen-bond donors (Lipinski definition) is 2. The maximum Gasteiger partial charge on any atom is 0.303 e. The number of benzene rings is 4. The molecule has 4 aromatic rings. The van der Waals surface area contributed by atoms with Crippen molar-refractivity contribution < 1.29 is 24.2 Å². The Morgan fingerprint density at radius 2 is 1.65 bits per heavy atom. The van der Waals surface area contributed by atoms with Crippen LogP contribution in [0.3, 0.4) is 0 Å². The highest BCUT2D eigenvalue weighted by Gasteiger charge is 2.19. The second-order valence-corrected chi connectivity index (χ2v) is 10.0. The number of hydrogen-bond acceptors (Lipinski definition) is 4. The number of Topliss-reactive ketones (excluding diaryl/α,β-unsaturated/α-hetero) is 1. The van der Waals surface area contributed by atoms with Crippen molar-refractivity contribution in [3.8, 4) is 5.75 Å². The lowest BCUT2D eigenvalue weighted by Gasteiger charge is -2.18. The lowest BCUT2D eigenvalue weighted by Crippen LogP contribution is -2.20. The van der Waals surface area contributed by atoms with E-state index in [1.807, 2.05) is 74.5 Å². The predicted molar refractivity (Wildman–Crippen MR) is 158 cm³/mol. The summed E-state index contributed by atoms with van der Waals surface area (Å²) in [5.41, 5.74) is 4.01. The van der Waals surface area contributed by atoms with Crippen LogP contribution in [0.2, 0.25) is 0 Å². The number of ether oxygens (including phenoxy) is 1. The topological polar surface area (TPSA) is 92.7 Å². The van der Waals surface area contributed by atoms with E-state index in [9.17, 15) is 14.4 Å². The molecule has 0 bridgehead atoms. The van der Waals surface area contributed by atoms with E-state index >= 15 is 0 Å². The average Bonchev–Trinajstić information content (AvgIpc) is 2.96. The zero-order chi connectivity index (χ0) is 28.5. The first-order valence-corrected chi connectivity index (χ1v) is 13.7. The molecule has 1 amide bonds. The first-order chi connectivity index (χ1) is 19.4. The molecule has 0 aliphatic rings. The largest absolute Gasteiger partial charge is 0.489 e. The number of amides is 1. The van der Waals surface area contributed by atoms with Crippen molar-refractivity contribution in [1.82, 2.24) is 0 Å². The van der Waals surface area contributed by atoms with Crippen molar-refractivity contribution in [3.63, 3.8) is 0 Å². The van der Waals surface area contributed by atoms with E-state index in [-0.39, 0.29) is 24.7 Å². The van der Waals surface area contributed by atoms with Crippen molar-refractivity contribution in [2.45, 2.75) is 58.5 Å². The minimum Gasteiger partial charge on any atom is -0.489 e. The molecule has 0 heterocycles. The highest BCUT2D eigenvalue weighted by molar-refractivity contribution is 6.00. The van der Waals surface area contributed by atoms with Gasteiger partial charge in [-0.1, -0.05) is 61.5 Å². The summed E-state index contributed by atoms with van der Waals surface area (Å²) >= 11 is 0. The molecule has 0 aliphatic heterocycles. The Kier molecular flexibility index (Phi) is 9.68. The summed E-state index contributed by atoms with van der Waals surface area (Å²) in [4.78, 5) is 36.6. The minimum atomic E-state index is -0.845. The van der Waals surface area contributed by atoms with Crippen molar-refractivity contribution in [3.05, 3.63) is 107 Å². The van der Waals surface area contributed by atoms with Crippen LogP contribution in [-0.2, 0) is 22.6 Å². The molecule has 0 saturated carbocycles. The van der Waals surface area contributed by atoms with Gasteiger partial charge in [-0.05, 0) is 84.0 Å². The summed E-state index contributed by atoms with van der Waals surface area (Å²) < 4.78 is 5.96. The van der Waals surface area contributed by atoms with Crippen LogP contribution in [0.5, 0.6) is 5.75 Å². The van der Waals surface area contributed by atoms with Crippen molar-refractivity contribution in [2.24, 2.45) is 0 Å². The number of aliphatic carboxylic acids is 1. The van der Waals surface area contributed by atoms with E-state index in [0.29, 0.717) is 36.3 Å². The van der Waals surface area contributed by atoms with Crippen molar-refractivity contribution in [2.75, 3.05) is 5.32 Å². The average molecular weight is 538 g/mol. The molecule has 0 saturated heterocycles. The molecule has 2 N–H and O–H groups in total. The monoisotopic (exact) mass is 537 g/mol. The van der Waals surface area contributed by atoms with Gasteiger partial charge in [0.25, 0.3) is 0 Å². The van der Waals surface area contributed by atoms with E-state index in [0.717, 1.165) is 33.9 Å². The number of nitrogens with one attached hydrogen (secondary N) is 1. The van der Waals surface area contributed by atoms with Gasteiger partial charge in [-0.2, -0.15) is 0 Å². The molecule has 0 spiro atoms. The molecule has 40 heavy (non-hydrogen) atoms. The number of anilines is 1. The van der Waals surface area contributed by atoms with E-state index in [1.54, 1.807) is 24.3 Å². The van der Waals surface area contributed by atoms with E-state index in [4.69, 9.17) is 9.84 Å². The third-order valence-electron chi connectivity index (χ3n) is 7.01. The zero-order valence-corrected chi connectivity index (χ0v) is 23.0. The number of carbonyl (C=O) groups excluding carboxylic acids is 2. The molecule has 4 aromatic carbocycles. The Bertz CT molecular complexity index is 1490. The predicted octanol–water partition coefficient (Wildman–Crippen LogP) is 7.55. The number of ketones is 1. The number of carboxylic acids is 1. The van der Waals surface area contributed by atoms with Gasteiger partial charge in [0.2, 0.25) is 5.91 Å². The number of rotatable bonds is 13. The Morgan fingerprint density at radius 1 is 0.900 bits per heavy atom. The van der Waals surface area contributed by atoms with Crippen LogP contribution in [0.4, 0.5) is 5.69 Å². The molecule has 6 nitrogen and oxygen atoms in total. The molecule has 6 heteroatoms. The normalized spacial score (nSPS) is 11.7. The maximum atomic E-state index is 13.5. The first kappa shape index (κ1) is 28.6. The SMILES string of the molecule is CCCC(=O)c1ccc(OCc2ccc(CCCC(=O)O)c(NC(=O)C(C)c3cccc4ccccc34)c2)cc1. The maximum absolute atomic E-state index is 13.5. The van der Waals surface area contributed by atoms with Gasteiger partial charge in [0.1, 0.15) is 12.4 Å². The van der Waals surface area contributed by atoms with Gasteiger partial charge in [0.05, 0.1) is 5.92 Å². The Balaban J connectivity index is 1.51. The second kappa shape index (κ2) is 13.6. The zero-order valence-electron chi connectivity index (χ0n) is 23.0. The van der Waals surface area contributed by atoms with Gasteiger partial charge in [0.15, 0.2) is 5.78 Å². The highest BCUT2D eigenvalue weighted by Crippen LogP contribution is 2.28. The van der Waals surface area contributed by atoms with Crippen LogP contribution in [0.1, 0.15) is 72.5 Å². The summed E-state index contributed by atoms with van der Waals surface area (Å²) in [6.07, 6.45) is 2.38. The second-order valence-electron chi connectivity index (χ2n) is 10.0. The van der Waals surface area contributed by atoms with Gasteiger partial charge in [-0.15, -0.1) is 0 Å². The van der Waals surface area contributed by atoms with Crippen LogP contribution in [0, 0.1) is 0 Å². The standard InChI is InChI=1S/C34H35NO5/c1-3-8-32(36)27-17-19-28(20-18-27)40-22-24-15-16-26(11-7-14-33(37)38)31(21-24)35-34(39)23(2)29-13-6-10-25-9-4-5-12-30(25)29/h4-6,9-10,12-13,15-21,23H,3,7-8,11,14,22H2,1-2H3,(H,35,39)(H,37,38). The Labute approximate surface area is 235 Å². The fraction of sp³-hybridized carbons (Fsp3) is 0.265. The summed E-state index contributed by atoms with van der Waals surface area (Å²) in [6, 6.07) is 26.9. The summed E-state index contributed by atoms with van der Waals surface area (Å²) in [5.74, 6) is -0.616. The Morgan fingerprint density at radius 3 is 2.40 bits per heavy atom. The summed E-state index contributed by atoms with van der Waals surface area (Å²) in [5, 5.41) is 14.3. The molecule has 0 aliphatic carbocycles. The van der Waals surface area contributed by atoms with Gasteiger partial charge in [-0.25, -0.2) is 0 Å². The van der Waals surface area contributed by atoms with Crippen molar-refractivity contribution in [1.29, 1.82) is 0 Å². The van der Waals surface area contributed by atoms with Crippen LogP contribution in [0.15, 0.2) is 84.9 Å². The lowest BCUT2D eigenvalue weighted by molar-refractivity contribution is -0.137. The number of fused-ring (bicyclic) bond motifs is 1. The Hall–Kier alpha value is -4.45. The van der Waals surface area contributed by atoms with Crippen LogP contribution in [0.25, 0.3) is 10.8 Å². The highest BCUT2D eigenvalue weighted by atomic mass is 16.5. The van der Waals surface area contributed by atoms with Crippen LogP contribution < -0.4 is 10.1 Å². The number of aryl methyl sites for hydroxylation is 1. The van der Waals surface area contributed by atoms with E-state index in [2.05, 4.69) is 5.32 Å². The van der Waals surface area contributed by atoms with Gasteiger partial charge in [0, 0.05) is 24.1 Å². The molecule has 0 fully saturated rings. The number of carboxylic acid groups (broad SMARTS) is 1. The fourth-order valence-corrected chi connectivity index (χ4v) is 4.76. The van der Waals surface area contributed by atoms with E-state index in [1.165, 1.54) is 0 Å². The molecule has 1 unspecified atom stereocenters. The van der Waals surface area contributed by atoms with Crippen LogP contribution >= 0.6 is 0 Å². The molecular formula is C34H35NO5. The number of carbonyl (C=O) groups is 3. The molecule has 0 radical (unpaired) electrons. The first-order valence-electron chi connectivity index (χ1n) is 13.7. The molecule has 4 rings (SSSR count). The minimum absolute atomic E-state index is 0.0570. The molecule has 1 atom stereocenters. The third kappa shape index (κ3) is 7.35. The lowest BCUT2D eigenvalue weighted by atomic mass is 9.94. The summed E-state index contributed by atoms with van der Waals surface area (Å²) in [6.45, 7) is 4.15. The van der Waals surface area contributed by atoms with Crippen LogP contribution in [-0.4, -0.2) is 22.8 Å². The van der Waals surface area contributed by atoms with Gasteiger partial charge >= 0.3 is 5.97 Å². The molecule has 206 valence electrons. The molecular weight excluding hydrogens is 502 g/mol. The van der Waals surface area contributed by atoms with Crippen molar-refractivity contribution >= 4 is 34.1 Å². The third-order valence-corrected chi connectivity index (χ3v) is 7.01. The quantitative estimate of drug-likeness (QED) is 0.172. The summed E-state index contributed by atoms with van der Waals surface area (Å²) in [7, 11) is 0.